The summed E-state index contributed by atoms with van der Waals surface area (Å²) in [4.78, 5) is 6.67. The van der Waals surface area contributed by atoms with E-state index in [1.807, 2.05) is 73.1 Å². The van der Waals surface area contributed by atoms with E-state index in [-0.39, 0.29) is 0 Å². The molecule has 0 spiro atoms. The maximum absolute atomic E-state index is 10.2. The largest absolute Gasteiger partial charge is 0.361 e. The van der Waals surface area contributed by atoms with Crippen LogP contribution in [0.5, 0.6) is 0 Å². The molecule has 2 N–H and O–H groups in total. The Hall–Kier alpha value is -3.99. The second-order valence-electron chi connectivity index (χ2n) is 7.50. The molecule has 4 nitrogen and oxygen atoms in total. The lowest BCUT2D eigenvalue weighted by Crippen LogP contribution is -2.36. The van der Waals surface area contributed by atoms with E-state index in [1.165, 1.54) is 0 Å². The minimum atomic E-state index is -1.03. The fraction of sp³-hybridized carbons (Fsp3) is 0.0769. The highest BCUT2D eigenvalue weighted by atomic mass is 35.5. The predicted molar refractivity (Wildman–Crippen MR) is 123 cm³/mol. The van der Waals surface area contributed by atoms with Crippen LogP contribution in [0.1, 0.15) is 16.7 Å². The normalized spacial score (nSPS) is 11.6. The molecule has 0 radical (unpaired) electrons. The van der Waals surface area contributed by atoms with Gasteiger partial charge in [-0.2, -0.15) is 10.5 Å². The van der Waals surface area contributed by atoms with Crippen molar-refractivity contribution >= 4 is 33.4 Å². The van der Waals surface area contributed by atoms with Crippen molar-refractivity contribution in [3.63, 3.8) is 0 Å². The van der Waals surface area contributed by atoms with Crippen LogP contribution >= 0.6 is 11.6 Å². The molecular weight excluding hydrogens is 404 g/mol. The summed E-state index contributed by atoms with van der Waals surface area (Å²) in [6.07, 6.45) is 3.84. The molecule has 2 aromatic heterocycles. The van der Waals surface area contributed by atoms with Crippen LogP contribution in [0.3, 0.4) is 0 Å². The molecule has 0 aliphatic carbocycles. The number of nitrogens with zero attached hydrogens (tertiary/aromatic N) is 2. The van der Waals surface area contributed by atoms with Crippen molar-refractivity contribution in [1.29, 1.82) is 10.5 Å². The van der Waals surface area contributed by atoms with Gasteiger partial charge in [0.2, 0.25) is 0 Å². The molecule has 0 amide bonds. The molecule has 3 aromatic carbocycles. The molecular formula is C26H17ClN4. The van der Waals surface area contributed by atoms with Gasteiger partial charge in [-0.25, -0.2) is 0 Å². The van der Waals surface area contributed by atoms with Crippen LogP contribution in [0.2, 0.25) is 5.02 Å². The van der Waals surface area contributed by atoms with Crippen molar-refractivity contribution < 1.29 is 0 Å². The summed E-state index contributed by atoms with van der Waals surface area (Å²) in [7, 11) is 0. The summed E-state index contributed by atoms with van der Waals surface area (Å²) in [5.74, 6) is -0.980. The van der Waals surface area contributed by atoms with Crippen LogP contribution in [-0.4, -0.2) is 9.97 Å². The first-order valence-corrected chi connectivity index (χ1v) is 10.3. The highest BCUT2D eigenvalue weighted by molar-refractivity contribution is 6.30. The molecule has 0 aliphatic heterocycles. The van der Waals surface area contributed by atoms with Gasteiger partial charge in [0.1, 0.15) is 0 Å². The lowest BCUT2D eigenvalue weighted by molar-refractivity contribution is 0.550. The Bertz CT molecular complexity index is 1390. The predicted octanol–water partition coefficient (Wildman–Crippen LogP) is 6.30. The van der Waals surface area contributed by atoms with E-state index >= 15 is 0 Å². The Labute approximate surface area is 184 Å². The SMILES string of the molecule is N#CC(C#N)C(c1ccc(Cl)cc1)(c1c[nH]c2ccccc12)c1c[nH]c2ccccc12. The minimum absolute atomic E-state index is 0.598. The van der Waals surface area contributed by atoms with Gasteiger partial charge in [-0.15, -0.1) is 0 Å². The Morgan fingerprint density at radius 1 is 0.710 bits per heavy atom. The Morgan fingerprint density at radius 2 is 1.19 bits per heavy atom. The minimum Gasteiger partial charge on any atom is -0.361 e. The zero-order valence-corrected chi connectivity index (χ0v) is 17.2. The van der Waals surface area contributed by atoms with Gasteiger partial charge < -0.3 is 9.97 Å². The average Bonchev–Trinajstić information content (AvgIpc) is 3.43. The molecule has 148 valence electrons. The monoisotopic (exact) mass is 420 g/mol. The molecule has 0 bridgehead atoms. The molecule has 0 fully saturated rings. The molecule has 31 heavy (non-hydrogen) atoms. The number of nitriles is 2. The van der Waals surface area contributed by atoms with Crippen molar-refractivity contribution in [2.75, 3.05) is 0 Å². The van der Waals surface area contributed by atoms with E-state index in [0.29, 0.717) is 5.02 Å². The Kier molecular flexibility index (Phi) is 4.51. The van der Waals surface area contributed by atoms with Crippen molar-refractivity contribution in [2.24, 2.45) is 5.92 Å². The molecule has 5 heteroatoms. The van der Waals surface area contributed by atoms with Crippen molar-refractivity contribution in [3.05, 3.63) is 107 Å². The Balaban J connectivity index is 1.99. The molecule has 5 aromatic rings. The third kappa shape index (κ3) is 2.74. The quantitative estimate of drug-likeness (QED) is 0.357. The molecule has 2 heterocycles. The smallest absolute Gasteiger partial charge is 0.151 e. The fourth-order valence-electron chi connectivity index (χ4n) is 4.66. The van der Waals surface area contributed by atoms with Crippen LogP contribution in [0, 0.1) is 28.6 Å². The zero-order valence-electron chi connectivity index (χ0n) is 16.4. The highest BCUT2D eigenvalue weighted by Crippen LogP contribution is 2.49. The molecule has 0 saturated heterocycles. The molecule has 0 unspecified atom stereocenters. The number of nitrogens with one attached hydrogen (secondary N) is 2. The number of fused-ring (bicyclic) bond motifs is 2. The van der Waals surface area contributed by atoms with Gasteiger partial charge in [-0.3, -0.25) is 0 Å². The van der Waals surface area contributed by atoms with Gasteiger partial charge in [0.25, 0.3) is 0 Å². The number of para-hydroxylation sites is 2. The molecule has 5 rings (SSSR count). The second-order valence-corrected chi connectivity index (χ2v) is 7.94. The first kappa shape index (κ1) is 19.0. The summed E-state index contributed by atoms with van der Waals surface area (Å²) in [6.45, 7) is 0. The van der Waals surface area contributed by atoms with Crippen LogP contribution in [0.4, 0.5) is 0 Å². The summed E-state index contributed by atoms with van der Waals surface area (Å²) >= 11 is 6.21. The lowest BCUT2D eigenvalue weighted by atomic mass is 9.62. The molecule has 0 saturated carbocycles. The summed E-state index contributed by atoms with van der Waals surface area (Å²) in [5.41, 5.74) is 3.45. The van der Waals surface area contributed by atoms with Gasteiger partial charge in [0.05, 0.1) is 17.6 Å². The van der Waals surface area contributed by atoms with E-state index in [4.69, 9.17) is 11.6 Å². The maximum atomic E-state index is 10.2. The molecule has 0 atom stereocenters. The topological polar surface area (TPSA) is 79.2 Å². The third-order valence-corrected chi connectivity index (χ3v) is 6.27. The number of benzene rings is 3. The lowest BCUT2D eigenvalue weighted by Gasteiger charge is -2.35. The van der Waals surface area contributed by atoms with Gasteiger partial charge in [-0.05, 0) is 41.0 Å². The summed E-state index contributed by atoms with van der Waals surface area (Å²) in [6, 6.07) is 27.9. The number of H-pyrrole nitrogens is 2. The summed E-state index contributed by atoms with van der Waals surface area (Å²) in [5, 5.41) is 22.9. The number of rotatable bonds is 4. The van der Waals surface area contributed by atoms with Crippen LogP contribution in [0.25, 0.3) is 21.8 Å². The summed E-state index contributed by atoms with van der Waals surface area (Å²) < 4.78 is 0. The van der Waals surface area contributed by atoms with Crippen molar-refractivity contribution in [2.45, 2.75) is 5.41 Å². The third-order valence-electron chi connectivity index (χ3n) is 6.02. The van der Waals surface area contributed by atoms with E-state index in [9.17, 15) is 10.5 Å². The first-order valence-electron chi connectivity index (χ1n) is 9.88. The van der Waals surface area contributed by atoms with E-state index < -0.39 is 11.3 Å². The van der Waals surface area contributed by atoms with Crippen LogP contribution < -0.4 is 0 Å². The number of halogens is 1. The average molecular weight is 421 g/mol. The van der Waals surface area contributed by atoms with Crippen molar-refractivity contribution in [3.8, 4) is 12.1 Å². The van der Waals surface area contributed by atoms with Gasteiger partial charge in [-0.1, -0.05) is 60.1 Å². The van der Waals surface area contributed by atoms with Gasteiger partial charge in [0, 0.05) is 39.2 Å². The number of aromatic nitrogens is 2. The zero-order chi connectivity index (χ0) is 21.4. The number of aromatic amines is 2. The van der Waals surface area contributed by atoms with Crippen LogP contribution in [-0.2, 0) is 5.41 Å². The van der Waals surface area contributed by atoms with Crippen molar-refractivity contribution in [1.82, 2.24) is 9.97 Å². The van der Waals surface area contributed by atoms with Crippen LogP contribution in [0.15, 0.2) is 85.2 Å². The first-order chi connectivity index (χ1) is 15.2. The second kappa shape index (κ2) is 7.36. The maximum Gasteiger partial charge on any atom is 0.151 e. The standard InChI is InChI=1S/C26H17ClN4/c27-19-11-9-17(10-12-19)26(18(13-28)14-29,22-15-30-24-7-3-1-5-20(22)24)23-16-31-25-8-4-2-6-21(23)25/h1-12,15-16,18,30-31H. The number of hydrogen-bond donors (Lipinski definition) is 2. The highest BCUT2D eigenvalue weighted by Gasteiger charge is 2.47. The van der Waals surface area contributed by atoms with Gasteiger partial charge >= 0.3 is 0 Å². The van der Waals surface area contributed by atoms with E-state index in [1.54, 1.807) is 12.1 Å². The van der Waals surface area contributed by atoms with E-state index in [0.717, 1.165) is 38.5 Å². The Morgan fingerprint density at radius 3 is 1.68 bits per heavy atom. The van der Waals surface area contributed by atoms with Gasteiger partial charge in [0.15, 0.2) is 5.92 Å². The fourth-order valence-corrected chi connectivity index (χ4v) is 4.79. The number of hydrogen-bond acceptors (Lipinski definition) is 2. The molecule has 0 aliphatic rings. The van der Waals surface area contributed by atoms with E-state index in [2.05, 4.69) is 22.1 Å².